The molecule has 2 fully saturated rings. The van der Waals surface area contributed by atoms with Gasteiger partial charge in [-0.1, -0.05) is 30.3 Å². The van der Waals surface area contributed by atoms with Gasteiger partial charge in [-0.15, -0.1) is 0 Å². The quantitative estimate of drug-likeness (QED) is 0.900. The van der Waals surface area contributed by atoms with Crippen molar-refractivity contribution in [3.8, 4) is 0 Å². The van der Waals surface area contributed by atoms with E-state index in [0.717, 1.165) is 19.5 Å². The van der Waals surface area contributed by atoms with Crippen LogP contribution in [-0.4, -0.2) is 41.8 Å². The first-order valence-electron chi connectivity index (χ1n) is 6.82. The number of aliphatic carboxylic acids is 1. The van der Waals surface area contributed by atoms with Gasteiger partial charge in [-0.2, -0.15) is 0 Å². The van der Waals surface area contributed by atoms with Crippen LogP contribution in [0, 0.1) is 5.41 Å². The van der Waals surface area contributed by atoms with Gasteiger partial charge in [0.25, 0.3) is 0 Å². The maximum absolute atomic E-state index is 11.6. The lowest BCUT2D eigenvalue weighted by atomic mass is 9.76. The van der Waals surface area contributed by atoms with E-state index in [-0.39, 0.29) is 6.10 Å². The standard InChI is InChI=1S/C15H19NO3/c17-14(18)15-7-9-19-13(15)6-8-16(11-15)10-12-4-2-1-3-5-12/h1-5,13H,6-11H2,(H,17,18)/t13-,15+/m1/s1. The number of carboxylic acids is 1. The number of rotatable bonds is 3. The lowest BCUT2D eigenvalue weighted by Gasteiger charge is -2.40. The summed E-state index contributed by atoms with van der Waals surface area (Å²) in [4.78, 5) is 13.9. The Hall–Kier alpha value is -1.39. The van der Waals surface area contributed by atoms with E-state index < -0.39 is 11.4 Å². The molecule has 3 rings (SSSR count). The summed E-state index contributed by atoms with van der Waals surface area (Å²) < 4.78 is 5.61. The van der Waals surface area contributed by atoms with Crippen molar-refractivity contribution >= 4 is 5.97 Å². The molecule has 2 aliphatic rings. The zero-order valence-corrected chi connectivity index (χ0v) is 10.9. The molecule has 2 heterocycles. The number of carbonyl (C=O) groups is 1. The molecule has 102 valence electrons. The lowest BCUT2D eigenvalue weighted by molar-refractivity contribution is -0.157. The number of piperidine rings is 1. The normalized spacial score (nSPS) is 31.1. The minimum Gasteiger partial charge on any atom is -0.481 e. The second-order valence-electron chi connectivity index (χ2n) is 5.56. The van der Waals surface area contributed by atoms with Crippen molar-refractivity contribution in [3.63, 3.8) is 0 Å². The minimum atomic E-state index is -0.701. The maximum atomic E-state index is 11.6. The SMILES string of the molecule is O=C(O)[C@]12CCO[C@@H]1CCN(Cc1ccccc1)C2. The summed E-state index contributed by atoms with van der Waals surface area (Å²) >= 11 is 0. The van der Waals surface area contributed by atoms with Crippen LogP contribution in [-0.2, 0) is 16.1 Å². The van der Waals surface area contributed by atoms with Crippen LogP contribution in [0.15, 0.2) is 30.3 Å². The Morgan fingerprint density at radius 3 is 2.95 bits per heavy atom. The topological polar surface area (TPSA) is 49.8 Å². The predicted molar refractivity (Wildman–Crippen MR) is 70.8 cm³/mol. The molecule has 0 bridgehead atoms. The van der Waals surface area contributed by atoms with Crippen molar-refractivity contribution in [2.45, 2.75) is 25.5 Å². The van der Waals surface area contributed by atoms with Gasteiger partial charge in [-0.3, -0.25) is 9.69 Å². The fourth-order valence-electron chi connectivity index (χ4n) is 3.31. The molecular formula is C15H19NO3. The van der Waals surface area contributed by atoms with Crippen LogP contribution >= 0.6 is 0 Å². The Labute approximate surface area is 113 Å². The van der Waals surface area contributed by atoms with Crippen LogP contribution in [0.25, 0.3) is 0 Å². The highest BCUT2D eigenvalue weighted by Crippen LogP contribution is 2.41. The Morgan fingerprint density at radius 2 is 2.21 bits per heavy atom. The highest BCUT2D eigenvalue weighted by Gasteiger charge is 2.53. The summed E-state index contributed by atoms with van der Waals surface area (Å²) in [7, 11) is 0. The molecule has 0 spiro atoms. The fourth-order valence-corrected chi connectivity index (χ4v) is 3.31. The summed E-state index contributed by atoms with van der Waals surface area (Å²) in [5.74, 6) is -0.701. The first-order chi connectivity index (χ1) is 9.21. The second-order valence-corrected chi connectivity index (χ2v) is 5.56. The average molecular weight is 261 g/mol. The average Bonchev–Trinajstić information content (AvgIpc) is 2.84. The van der Waals surface area contributed by atoms with Crippen molar-refractivity contribution in [2.75, 3.05) is 19.7 Å². The van der Waals surface area contributed by atoms with Crippen LogP contribution < -0.4 is 0 Å². The van der Waals surface area contributed by atoms with Crippen LogP contribution in [0.3, 0.4) is 0 Å². The second kappa shape index (κ2) is 4.94. The molecule has 4 nitrogen and oxygen atoms in total. The van der Waals surface area contributed by atoms with E-state index in [4.69, 9.17) is 4.74 Å². The number of hydrogen-bond donors (Lipinski definition) is 1. The van der Waals surface area contributed by atoms with Crippen LogP contribution in [0.1, 0.15) is 18.4 Å². The molecule has 0 aromatic heterocycles. The summed E-state index contributed by atoms with van der Waals surface area (Å²) in [6.45, 7) is 2.91. The van der Waals surface area contributed by atoms with Gasteiger partial charge in [0.15, 0.2) is 0 Å². The highest BCUT2D eigenvalue weighted by atomic mass is 16.5. The number of ether oxygens (including phenoxy) is 1. The summed E-state index contributed by atoms with van der Waals surface area (Å²) in [6.07, 6.45) is 1.36. The van der Waals surface area contributed by atoms with Gasteiger partial charge in [0.1, 0.15) is 5.41 Å². The number of nitrogens with zero attached hydrogens (tertiary/aromatic N) is 1. The van der Waals surface area contributed by atoms with E-state index in [2.05, 4.69) is 17.0 Å². The number of carboxylic acid groups (broad SMARTS) is 1. The summed E-state index contributed by atoms with van der Waals surface area (Å²) in [6, 6.07) is 10.2. The maximum Gasteiger partial charge on any atom is 0.313 e. The molecule has 4 heteroatoms. The molecular weight excluding hydrogens is 242 g/mol. The van der Waals surface area contributed by atoms with Gasteiger partial charge in [-0.25, -0.2) is 0 Å². The van der Waals surface area contributed by atoms with Gasteiger partial charge in [0.05, 0.1) is 6.10 Å². The Bertz CT molecular complexity index is 462. The molecule has 0 unspecified atom stereocenters. The molecule has 2 saturated heterocycles. The molecule has 19 heavy (non-hydrogen) atoms. The van der Waals surface area contributed by atoms with Gasteiger partial charge in [-0.05, 0) is 18.4 Å². The summed E-state index contributed by atoms with van der Waals surface area (Å²) in [5.41, 5.74) is 0.549. The van der Waals surface area contributed by atoms with E-state index in [1.807, 2.05) is 18.2 Å². The van der Waals surface area contributed by atoms with Crippen molar-refractivity contribution in [3.05, 3.63) is 35.9 Å². The molecule has 0 aliphatic carbocycles. The molecule has 0 radical (unpaired) electrons. The predicted octanol–water partition coefficient (Wildman–Crippen LogP) is 1.75. The molecule has 1 N–H and O–H groups in total. The van der Waals surface area contributed by atoms with E-state index in [1.54, 1.807) is 0 Å². The minimum absolute atomic E-state index is 0.1000. The van der Waals surface area contributed by atoms with Crippen molar-refractivity contribution in [2.24, 2.45) is 5.41 Å². The summed E-state index contributed by atoms with van der Waals surface area (Å²) in [5, 5.41) is 9.58. The van der Waals surface area contributed by atoms with E-state index in [0.29, 0.717) is 19.6 Å². The molecule has 0 amide bonds. The third kappa shape index (κ3) is 2.26. The zero-order valence-electron chi connectivity index (χ0n) is 10.9. The first kappa shape index (κ1) is 12.6. The Kier molecular flexibility index (Phi) is 3.29. The highest BCUT2D eigenvalue weighted by molar-refractivity contribution is 5.76. The molecule has 1 aromatic rings. The lowest BCUT2D eigenvalue weighted by Crippen LogP contribution is -2.53. The molecule has 0 saturated carbocycles. The van der Waals surface area contributed by atoms with Crippen molar-refractivity contribution < 1.29 is 14.6 Å². The third-order valence-corrected chi connectivity index (χ3v) is 4.37. The Balaban J connectivity index is 1.74. The monoisotopic (exact) mass is 261 g/mol. The molecule has 2 atom stereocenters. The van der Waals surface area contributed by atoms with Crippen molar-refractivity contribution in [1.29, 1.82) is 0 Å². The van der Waals surface area contributed by atoms with Gasteiger partial charge < -0.3 is 9.84 Å². The largest absolute Gasteiger partial charge is 0.481 e. The van der Waals surface area contributed by atoms with Gasteiger partial charge in [0, 0.05) is 26.2 Å². The van der Waals surface area contributed by atoms with Gasteiger partial charge >= 0.3 is 5.97 Å². The zero-order chi connectivity index (χ0) is 13.3. The van der Waals surface area contributed by atoms with Crippen molar-refractivity contribution in [1.82, 2.24) is 4.90 Å². The van der Waals surface area contributed by atoms with E-state index in [1.165, 1.54) is 5.56 Å². The van der Waals surface area contributed by atoms with E-state index >= 15 is 0 Å². The fraction of sp³-hybridized carbons (Fsp3) is 0.533. The number of benzene rings is 1. The number of hydrogen-bond acceptors (Lipinski definition) is 3. The van der Waals surface area contributed by atoms with Crippen LogP contribution in [0.2, 0.25) is 0 Å². The van der Waals surface area contributed by atoms with Gasteiger partial charge in [0.2, 0.25) is 0 Å². The van der Waals surface area contributed by atoms with E-state index in [9.17, 15) is 9.90 Å². The molecule has 2 aliphatic heterocycles. The number of likely N-dealkylation sites (tertiary alicyclic amines) is 1. The van der Waals surface area contributed by atoms with Crippen LogP contribution in [0.5, 0.6) is 0 Å². The first-order valence-corrected chi connectivity index (χ1v) is 6.82. The number of fused-ring (bicyclic) bond motifs is 1. The third-order valence-electron chi connectivity index (χ3n) is 4.37. The Morgan fingerprint density at radius 1 is 1.42 bits per heavy atom. The van der Waals surface area contributed by atoms with Crippen LogP contribution in [0.4, 0.5) is 0 Å². The smallest absolute Gasteiger partial charge is 0.313 e. The molecule has 1 aromatic carbocycles.